The van der Waals surface area contributed by atoms with Crippen LogP contribution in [-0.2, 0) is 6.54 Å². The van der Waals surface area contributed by atoms with E-state index in [2.05, 4.69) is 36.4 Å². The number of nitrogens with zero attached hydrogens (tertiary/aromatic N) is 4. The summed E-state index contributed by atoms with van der Waals surface area (Å²) in [5.74, 6) is -2.79. The predicted octanol–water partition coefficient (Wildman–Crippen LogP) is 4.15. The molecule has 4 heterocycles. The number of anilines is 1. The highest BCUT2D eigenvalue weighted by Crippen LogP contribution is 2.27. The largest absolute Gasteiger partial charge is 0.303 e. The number of carbonyl (C=O) groups is 1. The Morgan fingerprint density at radius 2 is 1.91 bits per heavy atom. The van der Waals surface area contributed by atoms with Crippen LogP contribution in [-0.4, -0.2) is 44.1 Å². The van der Waals surface area contributed by atoms with Crippen molar-refractivity contribution in [2.45, 2.75) is 19.4 Å². The van der Waals surface area contributed by atoms with Gasteiger partial charge in [0.25, 0.3) is 5.91 Å². The van der Waals surface area contributed by atoms with E-state index in [9.17, 15) is 13.6 Å². The fourth-order valence-corrected chi connectivity index (χ4v) is 3.97. The Morgan fingerprint density at radius 3 is 2.72 bits per heavy atom. The highest BCUT2D eigenvalue weighted by Gasteiger charge is 2.18. The van der Waals surface area contributed by atoms with Crippen LogP contribution in [0.4, 0.5) is 14.6 Å². The lowest BCUT2D eigenvalue weighted by atomic mass is 10.0. The number of H-pyrrole nitrogens is 1. The van der Waals surface area contributed by atoms with Crippen LogP contribution in [0.25, 0.3) is 22.0 Å². The summed E-state index contributed by atoms with van der Waals surface area (Å²) in [5.41, 5.74) is 3.70. The van der Waals surface area contributed by atoms with Crippen LogP contribution < -0.4 is 5.32 Å². The average Bonchev–Trinajstić information content (AvgIpc) is 3.45. The monoisotopic (exact) mass is 434 g/mol. The molecule has 3 aromatic heterocycles. The van der Waals surface area contributed by atoms with Crippen molar-refractivity contribution >= 4 is 22.6 Å². The maximum Gasteiger partial charge on any atom is 0.278 e. The molecule has 0 radical (unpaired) electrons. The smallest absolute Gasteiger partial charge is 0.278 e. The Kier molecular flexibility index (Phi) is 5.32. The van der Waals surface area contributed by atoms with E-state index in [0.29, 0.717) is 17.0 Å². The normalized spacial score (nSPS) is 14.2. The van der Waals surface area contributed by atoms with Crippen LogP contribution in [0.1, 0.15) is 28.9 Å². The summed E-state index contributed by atoms with van der Waals surface area (Å²) >= 11 is 0. The van der Waals surface area contributed by atoms with Crippen molar-refractivity contribution in [2.24, 2.45) is 0 Å². The number of nitrogens with one attached hydrogen (secondary N) is 2. The molecule has 1 fully saturated rings. The van der Waals surface area contributed by atoms with Gasteiger partial charge in [0.2, 0.25) is 0 Å². The third kappa shape index (κ3) is 4.06. The molecule has 0 spiro atoms. The van der Waals surface area contributed by atoms with Crippen molar-refractivity contribution in [1.29, 1.82) is 0 Å². The number of benzene rings is 1. The van der Waals surface area contributed by atoms with Crippen molar-refractivity contribution in [2.75, 3.05) is 18.4 Å². The number of hydrogen-bond acceptors (Lipinski definition) is 5. The van der Waals surface area contributed by atoms with Gasteiger partial charge in [0.15, 0.2) is 17.3 Å². The Bertz CT molecular complexity index is 1300. The van der Waals surface area contributed by atoms with E-state index in [-0.39, 0.29) is 11.5 Å². The van der Waals surface area contributed by atoms with Crippen molar-refractivity contribution in [1.82, 2.24) is 25.1 Å². The van der Waals surface area contributed by atoms with E-state index >= 15 is 0 Å². The first-order chi connectivity index (χ1) is 15.6. The van der Waals surface area contributed by atoms with Crippen molar-refractivity contribution < 1.29 is 13.6 Å². The molecule has 9 heteroatoms. The minimum absolute atomic E-state index is 0.0913. The maximum atomic E-state index is 13.9. The first kappa shape index (κ1) is 20.2. The van der Waals surface area contributed by atoms with E-state index in [1.807, 2.05) is 24.4 Å². The number of hydrogen-bond donors (Lipinski definition) is 2. The van der Waals surface area contributed by atoms with Crippen LogP contribution in [0, 0.1) is 11.6 Å². The Hall–Kier alpha value is -3.72. The van der Waals surface area contributed by atoms with Crippen LogP contribution in [0.5, 0.6) is 0 Å². The van der Waals surface area contributed by atoms with Gasteiger partial charge < -0.3 is 5.32 Å². The summed E-state index contributed by atoms with van der Waals surface area (Å²) in [6.45, 7) is 3.07. The summed E-state index contributed by atoms with van der Waals surface area (Å²) < 4.78 is 27.0. The van der Waals surface area contributed by atoms with Gasteiger partial charge in [-0.2, -0.15) is 5.10 Å². The highest BCUT2D eigenvalue weighted by molar-refractivity contribution is 6.11. The predicted molar refractivity (Wildman–Crippen MR) is 116 cm³/mol. The van der Waals surface area contributed by atoms with E-state index < -0.39 is 17.5 Å². The molecule has 0 unspecified atom stereocenters. The van der Waals surface area contributed by atoms with Crippen LogP contribution in [0.15, 0.2) is 48.9 Å². The molecule has 4 aromatic rings. The van der Waals surface area contributed by atoms with Gasteiger partial charge in [-0.1, -0.05) is 6.07 Å². The fraction of sp³-hybridized carbons (Fsp3) is 0.217. The van der Waals surface area contributed by atoms with Gasteiger partial charge in [-0.3, -0.25) is 19.8 Å². The lowest BCUT2D eigenvalue weighted by Gasteiger charge is -2.14. The fourth-order valence-electron chi connectivity index (χ4n) is 3.97. The first-order valence-electron chi connectivity index (χ1n) is 10.3. The number of carbonyl (C=O) groups excluding carboxylic acids is 1. The molecule has 0 saturated carbocycles. The molecule has 1 aliphatic rings. The standard InChI is InChI=1S/C23H20F2N6O/c24-17-9-19(25)22(27-12-17)28-23(32)21-18-8-15(3-4-20(18)29-30-21)16-7-14(10-26-11-16)13-31-5-1-2-6-31/h3-4,7-12H,1-2,5-6,13H2,(H,29,30)(H,27,28,32). The second-order valence-electron chi connectivity index (χ2n) is 7.84. The lowest BCUT2D eigenvalue weighted by Crippen LogP contribution is -2.18. The molecule has 7 nitrogen and oxygen atoms in total. The summed E-state index contributed by atoms with van der Waals surface area (Å²) in [6.07, 6.45) is 6.95. The summed E-state index contributed by atoms with van der Waals surface area (Å²) in [6, 6.07) is 8.37. The highest BCUT2D eigenvalue weighted by atomic mass is 19.1. The van der Waals surface area contributed by atoms with Gasteiger partial charge in [-0.05, 0) is 55.3 Å². The van der Waals surface area contributed by atoms with Crippen molar-refractivity contribution in [3.8, 4) is 11.1 Å². The van der Waals surface area contributed by atoms with Gasteiger partial charge in [0, 0.05) is 36.0 Å². The van der Waals surface area contributed by atoms with Crippen molar-refractivity contribution in [3.63, 3.8) is 0 Å². The minimum Gasteiger partial charge on any atom is -0.303 e. The molecule has 32 heavy (non-hydrogen) atoms. The summed E-state index contributed by atoms with van der Waals surface area (Å²) in [7, 11) is 0. The molecule has 2 N–H and O–H groups in total. The minimum atomic E-state index is -0.959. The number of amides is 1. The molecule has 1 saturated heterocycles. The van der Waals surface area contributed by atoms with Gasteiger partial charge in [-0.25, -0.2) is 13.8 Å². The first-order valence-corrected chi connectivity index (χ1v) is 10.3. The summed E-state index contributed by atoms with van der Waals surface area (Å²) in [5, 5.41) is 9.81. The zero-order valence-electron chi connectivity index (χ0n) is 17.1. The SMILES string of the molecule is O=C(Nc1ncc(F)cc1F)c1n[nH]c2ccc(-c3cncc(CN4CCCC4)c3)cc12. The van der Waals surface area contributed by atoms with Gasteiger partial charge in [0.1, 0.15) is 5.82 Å². The van der Waals surface area contributed by atoms with E-state index in [1.54, 1.807) is 6.20 Å². The molecule has 162 valence electrons. The zero-order valence-corrected chi connectivity index (χ0v) is 17.1. The van der Waals surface area contributed by atoms with E-state index in [1.165, 1.54) is 12.8 Å². The maximum absolute atomic E-state index is 13.9. The molecular formula is C23H20F2N6O. The van der Waals surface area contributed by atoms with Gasteiger partial charge >= 0.3 is 0 Å². The van der Waals surface area contributed by atoms with Crippen LogP contribution >= 0.6 is 0 Å². The average molecular weight is 434 g/mol. The quantitative estimate of drug-likeness (QED) is 0.493. The third-order valence-corrected chi connectivity index (χ3v) is 5.55. The van der Waals surface area contributed by atoms with Crippen LogP contribution in [0.2, 0.25) is 0 Å². The second-order valence-corrected chi connectivity index (χ2v) is 7.84. The molecule has 0 bridgehead atoms. The van der Waals surface area contributed by atoms with Crippen LogP contribution in [0.3, 0.4) is 0 Å². The van der Waals surface area contributed by atoms with Gasteiger partial charge in [0.05, 0.1) is 11.7 Å². The lowest BCUT2D eigenvalue weighted by molar-refractivity contribution is 0.102. The number of halogens is 2. The molecule has 1 amide bonds. The Labute approximate surface area is 182 Å². The number of fused-ring (bicyclic) bond motifs is 1. The zero-order chi connectivity index (χ0) is 22.1. The second kappa shape index (κ2) is 8.43. The number of aromatic amines is 1. The van der Waals surface area contributed by atoms with E-state index in [0.717, 1.165) is 42.5 Å². The summed E-state index contributed by atoms with van der Waals surface area (Å²) in [4.78, 5) is 23.1. The molecule has 0 atom stereocenters. The molecular weight excluding hydrogens is 414 g/mol. The third-order valence-electron chi connectivity index (χ3n) is 5.55. The molecule has 0 aliphatic carbocycles. The molecule has 1 aliphatic heterocycles. The number of rotatable bonds is 5. The number of pyridine rings is 2. The van der Waals surface area contributed by atoms with E-state index in [4.69, 9.17) is 0 Å². The Balaban J connectivity index is 1.43. The number of aromatic nitrogens is 4. The van der Waals surface area contributed by atoms with Crippen molar-refractivity contribution in [3.05, 3.63) is 71.8 Å². The Morgan fingerprint density at radius 1 is 1.06 bits per heavy atom. The molecule has 5 rings (SSSR count). The topological polar surface area (TPSA) is 86.8 Å². The van der Waals surface area contributed by atoms with Gasteiger partial charge in [-0.15, -0.1) is 0 Å². The molecule has 1 aromatic carbocycles. The number of likely N-dealkylation sites (tertiary alicyclic amines) is 1.